The molecule has 1 N–H and O–H groups in total. The predicted octanol–water partition coefficient (Wildman–Crippen LogP) is 6.80. The number of nitrogens with zero attached hydrogens (tertiary/aromatic N) is 1. The highest BCUT2D eigenvalue weighted by Gasteiger charge is 2.47. The largest absolute Gasteiger partial charge is 0.507 e. The van der Waals surface area contributed by atoms with E-state index in [2.05, 4.69) is 20.8 Å². The molecule has 1 unspecified atom stereocenters. The van der Waals surface area contributed by atoms with E-state index in [1.807, 2.05) is 45.0 Å². The smallest absolute Gasteiger partial charge is 0.300 e. The molecule has 3 aromatic carbocycles. The van der Waals surface area contributed by atoms with Crippen LogP contribution in [-0.4, -0.2) is 36.6 Å². The normalized spacial score (nSPS) is 16.9. The van der Waals surface area contributed by atoms with E-state index in [9.17, 15) is 14.7 Å². The molecule has 7 heteroatoms. The summed E-state index contributed by atoms with van der Waals surface area (Å²) in [7, 11) is 1.51. The number of anilines is 1. The second kappa shape index (κ2) is 11.5. The maximum Gasteiger partial charge on any atom is 0.300 e. The van der Waals surface area contributed by atoms with Crippen LogP contribution in [0.15, 0.2) is 72.3 Å². The molecule has 0 aliphatic carbocycles. The van der Waals surface area contributed by atoms with E-state index in [-0.39, 0.29) is 22.9 Å². The fourth-order valence-corrected chi connectivity index (χ4v) is 4.79. The Bertz CT molecular complexity index is 1410. The molecule has 0 aromatic heterocycles. The van der Waals surface area contributed by atoms with Gasteiger partial charge in [-0.3, -0.25) is 14.5 Å². The van der Waals surface area contributed by atoms with Crippen LogP contribution in [0.25, 0.3) is 5.76 Å². The maximum atomic E-state index is 13.7. The second-order valence-electron chi connectivity index (χ2n) is 11.0. The van der Waals surface area contributed by atoms with Gasteiger partial charge in [-0.25, -0.2) is 0 Å². The first-order valence-corrected chi connectivity index (χ1v) is 13.5. The minimum absolute atomic E-state index is 0.0112. The van der Waals surface area contributed by atoms with Gasteiger partial charge in [-0.1, -0.05) is 39.0 Å². The van der Waals surface area contributed by atoms with Gasteiger partial charge in [-0.05, 0) is 85.8 Å². The number of methoxy groups -OCH3 is 1. The zero-order chi connectivity index (χ0) is 29.2. The Morgan fingerprint density at radius 1 is 0.950 bits per heavy atom. The van der Waals surface area contributed by atoms with Crippen LogP contribution in [0, 0.1) is 0 Å². The summed E-state index contributed by atoms with van der Waals surface area (Å²) in [5.74, 6) is -0.0830. The Labute approximate surface area is 236 Å². The van der Waals surface area contributed by atoms with E-state index in [0.717, 1.165) is 5.56 Å². The zero-order valence-electron chi connectivity index (χ0n) is 24.1. The lowest BCUT2D eigenvalue weighted by Crippen LogP contribution is -2.29. The van der Waals surface area contributed by atoms with Gasteiger partial charge in [0.15, 0.2) is 0 Å². The van der Waals surface area contributed by atoms with Crippen LogP contribution in [-0.2, 0) is 15.0 Å². The predicted molar refractivity (Wildman–Crippen MR) is 156 cm³/mol. The molecule has 210 valence electrons. The lowest BCUT2D eigenvalue weighted by Gasteiger charge is -2.26. The van der Waals surface area contributed by atoms with E-state index in [4.69, 9.17) is 14.2 Å². The van der Waals surface area contributed by atoms with Gasteiger partial charge >= 0.3 is 0 Å². The Morgan fingerprint density at radius 3 is 2.12 bits per heavy atom. The van der Waals surface area contributed by atoms with Crippen molar-refractivity contribution >= 4 is 23.1 Å². The quantitative estimate of drug-likeness (QED) is 0.191. The summed E-state index contributed by atoms with van der Waals surface area (Å²) in [6, 6.07) is 18.8. The molecule has 0 spiro atoms. The lowest BCUT2D eigenvalue weighted by atomic mass is 9.85. The summed E-state index contributed by atoms with van der Waals surface area (Å²) in [5, 5.41) is 11.7. The standard InChI is InChI=1S/C33H37NO6/c1-8-39-24-16-12-23(13-17-24)34-29(21-9-14-25(15-10-21)40-20(2)3)28(31(36)32(34)37)30(35)26-19-22(33(4,5)6)11-18-27(26)38-7/h9-20,29,35H,8H2,1-7H3/b30-28+. The number of Topliss-reactive ketones (excluding diaryl/α,β-unsaturated/α-hetero) is 1. The number of hydrogen-bond donors (Lipinski definition) is 1. The van der Waals surface area contributed by atoms with Crippen LogP contribution < -0.4 is 19.1 Å². The Hall–Kier alpha value is -4.26. The number of ketones is 1. The number of carbonyl (C=O) groups excluding carboxylic acids is 2. The summed E-state index contributed by atoms with van der Waals surface area (Å²) in [6.07, 6.45) is -0.0112. The van der Waals surface area contributed by atoms with Crippen LogP contribution >= 0.6 is 0 Å². The van der Waals surface area contributed by atoms with E-state index in [0.29, 0.717) is 40.7 Å². The third-order valence-electron chi connectivity index (χ3n) is 6.76. The van der Waals surface area contributed by atoms with Gasteiger partial charge in [-0.2, -0.15) is 0 Å². The van der Waals surface area contributed by atoms with E-state index in [1.54, 1.807) is 42.5 Å². The average Bonchev–Trinajstić information content (AvgIpc) is 3.18. The molecule has 1 saturated heterocycles. The van der Waals surface area contributed by atoms with Gasteiger partial charge in [-0.15, -0.1) is 0 Å². The summed E-state index contributed by atoms with van der Waals surface area (Å²) in [6.45, 7) is 12.5. The third kappa shape index (κ3) is 5.69. The minimum Gasteiger partial charge on any atom is -0.507 e. The Morgan fingerprint density at radius 2 is 1.57 bits per heavy atom. The molecule has 1 aliphatic heterocycles. The van der Waals surface area contributed by atoms with Crippen LogP contribution in [0.5, 0.6) is 17.2 Å². The highest BCUT2D eigenvalue weighted by Crippen LogP contribution is 2.44. The summed E-state index contributed by atoms with van der Waals surface area (Å²) in [5.41, 5.74) is 2.22. The summed E-state index contributed by atoms with van der Waals surface area (Å²) in [4.78, 5) is 28.7. The van der Waals surface area contributed by atoms with Gasteiger partial charge in [0.2, 0.25) is 0 Å². The molecule has 3 aromatic rings. The molecule has 4 rings (SSSR count). The van der Waals surface area contributed by atoms with Gasteiger partial charge in [0.05, 0.1) is 37.0 Å². The molecule has 1 amide bonds. The Kier molecular flexibility index (Phi) is 8.24. The second-order valence-corrected chi connectivity index (χ2v) is 11.0. The van der Waals surface area contributed by atoms with Crippen LogP contribution in [0.3, 0.4) is 0 Å². The van der Waals surface area contributed by atoms with Crippen LogP contribution in [0.2, 0.25) is 0 Å². The number of aliphatic hydroxyl groups excluding tert-OH is 1. The van der Waals surface area contributed by atoms with Crippen molar-refractivity contribution in [1.82, 2.24) is 0 Å². The first-order chi connectivity index (χ1) is 19.0. The monoisotopic (exact) mass is 543 g/mol. The highest BCUT2D eigenvalue weighted by molar-refractivity contribution is 6.51. The minimum atomic E-state index is -0.881. The lowest BCUT2D eigenvalue weighted by molar-refractivity contribution is -0.132. The molecule has 1 aliphatic rings. The van der Waals surface area contributed by atoms with Gasteiger partial charge in [0.1, 0.15) is 23.0 Å². The van der Waals surface area contributed by atoms with Crippen molar-refractivity contribution in [3.63, 3.8) is 0 Å². The van der Waals surface area contributed by atoms with Crippen molar-refractivity contribution in [2.75, 3.05) is 18.6 Å². The maximum absolute atomic E-state index is 13.7. The number of ether oxygens (including phenoxy) is 3. The van der Waals surface area contributed by atoms with E-state index >= 15 is 0 Å². The van der Waals surface area contributed by atoms with Crippen LogP contribution in [0.1, 0.15) is 64.3 Å². The highest BCUT2D eigenvalue weighted by atomic mass is 16.5. The van der Waals surface area contributed by atoms with Crippen molar-refractivity contribution in [2.24, 2.45) is 0 Å². The van der Waals surface area contributed by atoms with Gasteiger partial charge < -0.3 is 19.3 Å². The fourth-order valence-electron chi connectivity index (χ4n) is 4.79. The number of amides is 1. The number of hydrogen-bond acceptors (Lipinski definition) is 6. The van der Waals surface area contributed by atoms with Crippen molar-refractivity contribution in [3.8, 4) is 17.2 Å². The van der Waals surface area contributed by atoms with E-state index in [1.165, 1.54) is 12.0 Å². The molecule has 1 fully saturated rings. The van der Waals surface area contributed by atoms with Crippen molar-refractivity contribution < 1.29 is 28.9 Å². The van der Waals surface area contributed by atoms with E-state index < -0.39 is 17.7 Å². The molecule has 1 heterocycles. The zero-order valence-corrected chi connectivity index (χ0v) is 24.1. The molecular weight excluding hydrogens is 506 g/mol. The van der Waals surface area contributed by atoms with Crippen molar-refractivity contribution in [1.29, 1.82) is 0 Å². The Balaban J connectivity index is 1.93. The SMILES string of the molecule is CCOc1ccc(N2C(=O)C(=O)/C(=C(/O)c3cc(C(C)(C)C)ccc3OC)C2c2ccc(OC(C)C)cc2)cc1. The first-order valence-electron chi connectivity index (χ1n) is 13.5. The molecule has 0 radical (unpaired) electrons. The average molecular weight is 544 g/mol. The van der Waals surface area contributed by atoms with Gasteiger partial charge in [0.25, 0.3) is 11.7 Å². The molecule has 1 atom stereocenters. The molecule has 40 heavy (non-hydrogen) atoms. The third-order valence-corrected chi connectivity index (χ3v) is 6.76. The molecule has 7 nitrogen and oxygen atoms in total. The fraction of sp³-hybridized carbons (Fsp3) is 0.333. The van der Waals surface area contributed by atoms with Crippen molar-refractivity contribution in [3.05, 3.63) is 89.0 Å². The topological polar surface area (TPSA) is 85.3 Å². The molecular formula is C33H37NO6. The number of rotatable bonds is 8. The van der Waals surface area contributed by atoms with Crippen LogP contribution in [0.4, 0.5) is 5.69 Å². The van der Waals surface area contributed by atoms with Crippen molar-refractivity contribution in [2.45, 2.75) is 59.1 Å². The number of carbonyl (C=O) groups is 2. The summed E-state index contributed by atoms with van der Waals surface area (Å²) >= 11 is 0. The summed E-state index contributed by atoms with van der Waals surface area (Å²) < 4.78 is 16.9. The molecule has 0 saturated carbocycles. The number of aliphatic hydroxyl groups is 1. The number of benzene rings is 3. The first kappa shape index (κ1) is 28.7. The van der Waals surface area contributed by atoms with Gasteiger partial charge in [0, 0.05) is 5.69 Å². The molecule has 0 bridgehead atoms.